The number of nitrogens with zero attached hydrogens (tertiary/aromatic N) is 2. The molecule has 7 heteroatoms. The van der Waals surface area contributed by atoms with Gasteiger partial charge in [0.15, 0.2) is 0 Å². The molecule has 158 valence electrons. The summed E-state index contributed by atoms with van der Waals surface area (Å²) in [6, 6.07) is 6.86. The molecule has 1 atom stereocenters. The zero-order valence-electron chi connectivity index (χ0n) is 17.7. The summed E-state index contributed by atoms with van der Waals surface area (Å²) in [5.74, 6) is 0.229. The van der Waals surface area contributed by atoms with Crippen LogP contribution >= 0.6 is 0 Å². The largest absolute Gasteiger partial charge is 0.481 e. The van der Waals surface area contributed by atoms with Crippen LogP contribution in [0.2, 0.25) is 0 Å². The Balaban J connectivity index is 1.63. The maximum absolute atomic E-state index is 13.4. The first kappa shape index (κ1) is 20.3. The maximum Gasteiger partial charge on any atom is 0.256 e. The highest BCUT2D eigenvalue weighted by Gasteiger charge is 2.48. The quantitative estimate of drug-likeness (QED) is 0.765. The number of anilines is 1. The van der Waals surface area contributed by atoms with Crippen molar-refractivity contribution in [3.63, 3.8) is 0 Å². The van der Waals surface area contributed by atoms with Crippen molar-refractivity contribution in [2.24, 2.45) is 5.92 Å². The normalized spacial score (nSPS) is 17.0. The number of carbonyl (C=O) groups is 2. The summed E-state index contributed by atoms with van der Waals surface area (Å²) in [5, 5.41) is 13.6. The van der Waals surface area contributed by atoms with Gasteiger partial charge in [-0.2, -0.15) is 0 Å². The van der Waals surface area contributed by atoms with Crippen LogP contribution < -0.4 is 10.1 Å². The lowest BCUT2D eigenvalue weighted by Gasteiger charge is -2.37. The van der Waals surface area contributed by atoms with Gasteiger partial charge >= 0.3 is 0 Å². The highest BCUT2D eigenvalue weighted by Crippen LogP contribution is 2.43. The molecular weight excluding hydrogens is 382 g/mol. The predicted molar refractivity (Wildman–Crippen MR) is 113 cm³/mol. The molecule has 2 N–H and O–H groups in total. The minimum atomic E-state index is -0.993. The summed E-state index contributed by atoms with van der Waals surface area (Å²) in [6.07, 6.45) is 3.55. The van der Waals surface area contributed by atoms with Crippen molar-refractivity contribution >= 4 is 17.5 Å². The lowest BCUT2D eigenvalue weighted by Crippen LogP contribution is -2.51. The van der Waals surface area contributed by atoms with Crippen molar-refractivity contribution in [2.75, 3.05) is 12.4 Å². The van der Waals surface area contributed by atoms with Crippen LogP contribution in [0.1, 0.15) is 58.5 Å². The second kappa shape index (κ2) is 7.40. The lowest BCUT2D eigenvalue weighted by atomic mass is 9.93. The fraction of sp³-hybridized carbons (Fsp3) is 0.435. The van der Waals surface area contributed by atoms with Gasteiger partial charge in [-0.15, -0.1) is 0 Å². The Morgan fingerprint density at radius 1 is 1.33 bits per heavy atom. The smallest absolute Gasteiger partial charge is 0.256 e. The average Bonchev–Trinajstić information content (AvgIpc) is 3.45. The SMILES string of the molecule is COc1nccc(C(=O)Nc2cccc3c2C(=O)N(C(C2CC2)C(C)(C)O)C3)c1C. The first-order valence-corrected chi connectivity index (χ1v) is 10.2. The van der Waals surface area contributed by atoms with E-state index < -0.39 is 5.60 Å². The Kier molecular flexibility index (Phi) is 5.02. The van der Waals surface area contributed by atoms with Crippen LogP contribution in [-0.2, 0) is 6.54 Å². The van der Waals surface area contributed by atoms with Gasteiger partial charge in [-0.05, 0) is 57.2 Å². The van der Waals surface area contributed by atoms with Crippen LogP contribution in [0.5, 0.6) is 5.88 Å². The van der Waals surface area contributed by atoms with E-state index in [9.17, 15) is 14.7 Å². The highest BCUT2D eigenvalue weighted by atomic mass is 16.5. The summed E-state index contributed by atoms with van der Waals surface area (Å²) in [4.78, 5) is 32.2. The molecule has 2 amide bonds. The van der Waals surface area contributed by atoms with Crippen molar-refractivity contribution in [3.05, 3.63) is 52.7 Å². The molecule has 2 aliphatic rings. The highest BCUT2D eigenvalue weighted by molar-refractivity contribution is 6.11. The molecule has 1 fully saturated rings. The summed E-state index contributed by atoms with van der Waals surface area (Å²) >= 11 is 0. The number of hydrogen-bond acceptors (Lipinski definition) is 5. The minimum Gasteiger partial charge on any atom is -0.481 e. The summed E-state index contributed by atoms with van der Waals surface area (Å²) < 4.78 is 5.20. The van der Waals surface area contributed by atoms with Crippen molar-refractivity contribution < 1.29 is 19.4 Å². The number of methoxy groups -OCH3 is 1. The molecule has 0 saturated heterocycles. The van der Waals surface area contributed by atoms with Gasteiger partial charge in [0.2, 0.25) is 5.88 Å². The van der Waals surface area contributed by atoms with E-state index in [0.29, 0.717) is 40.7 Å². The molecule has 0 radical (unpaired) electrons. The Morgan fingerprint density at radius 2 is 2.07 bits per heavy atom. The minimum absolute atomic E-state index is 0.149. The lowest BCUT2D eigenvalue weighted by molar-refractivity contribution is -0.0224. The summed E-state index contributed by atoms with van der Waals surface area (Å²) in [7, 11) is 1.51. The second-order valence-electron chi connectivity index (χ2n) is 8.66. The van der Waals surface area contributed by atoms with Crippen LogP contribution in [0, 0.1) is 12.8 Å². The van der Waals surface area contributed by atoms with Crippen molar-refractivity contribution in [1.82, 2.24) is 9.88 Å². The van der Waals surface area contributed by atoms with Crippen molar-refractivity contribution in [2.45, 2.75) is 51.8 Å². The van der Waals surface area contributed by atoms with Gasteiger partial charge in [-0.1, -0.05) is 12.1 Å². The Labute approximate surface area is 176 Å². The zero-order valence-corrected chi connectivity index (χ0v) is 17.7. The number of benzene rings is 1. The van der Waals surface area contributed by atoms with Gasteiger partial charge in [-0.25, -0.2) is 4.98 Å². The van der Waals surface area contributed by atoms with E-state index in [4.69, 9.17) is 4.74 Å². The number of amides is 2. The van der Waals surface area contributed by atoms with Crippen molar-refractivity contribution in [1.29, 1.82) is 0 Å². The fourth-order valence-electron chi connectivity index (χ4n) is 4.49. The van der Waals surface area contributed by atoms with E-state index in [1.807, 2.05) is 12.1 Å². The molecule has 2 heterocycles. The van der Waals surface area contributed by atoms with Gasteiger partial charge in [-0.3, -0.25) is 9.59 Å². The Bertz CT molecular complexity index is 1010. The number of aromatic nitrogens is 1. The molecular formula is C23H27N3O4. The molecule has 7 nitrogen and oxygen atoms in total. The van der Waals surface area contributed by atoms with E-state index in [0.717, 1.165) is 18.4 Å². The predicted octanol–water partition coefficient (Wildman–Crippen LogP) is 3.16. The van der Waals surface area contributed by atoms with Gasteiger partial charge in [0.25, 0.3) is 11.8 Å². The molecule has 0 spiro atoms. The summed E-state index contributed by atoms with van der Waals surface area (Å²) in [5.41, 5.74) is 1.91. The topological polar surface area (TPSA) is 91.8 Å². The molecule has 1 aliphatic heterocycles. The van der Waals surface area contributed by atoms with Crippen LogP contribution in [0.3, 0.4) is 0 Å². The molecule has 4 rings (SSSR count). The molecule has 0 bridgehead atoms. The number of aliphatic hydroxyl groups is 1. The fourth-order valence-corrected chi connectivity index (χ4v) is 4.49. The number of fused-ring (bicyclic) bond motifs is 1. The van der Waals surface area contributed by atoms with Crippen LogP contribution in [0.15, 0.2) is 30.5 Å². The summed E-state index contributed by atoms with van der Waals surface area (Å²) in [6.45, 7) is 5.72. The van der Waals surface area contributed by atoms with Gasteiger partial charge in [0, 0.05) is 23.9 Å². The molecule has 2 aromatic rings. The Hall–Kier alpha value is -2.93. The van der Waals surface area contributed by atoms with Gasteiger partial charge < -0.3 is 20.1 Å². The van der Waals surface area contributed by atoms with Crippen LogP contribution in [-0.4, -0.2) is 45.6 Å². The number of rotatable bonds is 6. The Morgan fingerprint density at radius 3 is 2.70 bits per heavy atom. The van der Waals surface area contributed by atoms with E-state index in [-0.39, 0.29) is 17.9 Å². The number of carbonyl (C=O) groups excluding carboxylic acids is 2. The third kappa shape index (κ3) is 3.54. The first-order chi connectivity index (χ1) is 14.2. The number of nitrogens with one attached hydrogen (secondary N) is 1. The third-order valence-electron chi connectivity index (χ3n) is 5.94. The van der Waals surface area contributed by atoms with E-state index in [1.54, 1.807) is 37.8 Å². The standard InChI is InChI=1S/C23H27N3O4/c1-13-16(10-11-24-21(13)30-4)20(27)25-17-7-5-6-15-12-26(22(28)18(15)17)19(14-8-9-14)23(2,3)29/h5-7,10-11,14,19,29H,8-9,12H2,1-4H3,(H,25,27). The molecule has 1 aromatic carbocycles. The molecule has 1 unspecified atom stereocenters. The van der Waals surface area contributed by atoms with Gasteiger partial charge in [0.1, 0.15) is 0 Å². The van der Waals surface area contributed by atoms with Gasteiger partial charge in [0.05, 0.1) is 30.0 Å². The average molecular weight is 409 g/mol. The molecule has 1 saturated carbocycles. The van der Waals surface area contributed by atoms with E-state index in [2.05, 4.69) is 10.3 Å². The zero-order chi connectivity index (χ0) is 21.6. The molecule has 30 heavy (non-hydrogen) atoms. The number of pyridine rings is 1. The van der Waals surface area contributed by atoms with Crippen LogP contribution in [0.4, 0.5) is 5.69 Å². The van der Waals surface area contributed by atoms with Crippen LogP contribution in [0.25, 0.3) is 0 Å². The molecule has 1 aromatic heterocycles. The number of ether oxygens (including phenoxy) is 1. The number of hydrogen-bond donors (Lipinski definition) is 2. The monoisotopic (exact) mass is 409 g/mol. The second-order valence-corrected chi connectivity index (χ2v) is 8.66. The first-order valence-electron chi connectivity index (χ1n) is 10.2. The van der Waals surface area contributed by atoms with E-state index in [1.165, 1.54) is 13.3 Å². The maximum atomic E-state index is 13.4. The van der Waals surface area contributed by atoms with Crippen molar-refractivity contribution in [3.8, 4) is 5.88 Å². The third-order valence-corrected chi connectivity index (χ3v) is 5.94. The molecule has 1 aliphatic carbocycles. The van der Waals surface area contributed by atoms with E-state index >= 15 is 0 Å².